The van der Waals surface area contributed by atoms with E-state index in [0.29, 0.717) is 17.9 Å². The summed E-state index contributed by atoms with van der Waals surface area (Å²) in [7, 11) is 0. The molecule has 0 N–H and O–H groups in total. The van der Waals surface area contributed by atoms with Gasteiger partial charge in [-0.15, -0.1) is 0 Å². The lowest BCUT2D eigenvalue weighted by Crippen LogP contribution is -2.47. The summed E-state index contributed by atoms with van der Waals surface area (Å²) in [6, 6.07) is 12.4. The number of aromatic nitrogens is 1. The Labute approximate surface area is 290 Å². The van der Waals surface area contributed by atoms with E-state index in [4.69, 9.17) is 20.7 Å². The molecule has 2 aliphatic rings. The largest absolute Gasteiger partial charge is 0.444 e. The third kappa shape index (κ3) is 10.4. The maximum atomic E-state index is 12.8. The Hall–Kier alpha value is -2.68. The molecule has 0 unspecified atom stereocenters. The number of benzene rings is 2. The van der Waals surface area contributed by atoms with Crippen molar-refractivity contribution in [2.45, 2.75) is 110 Å². The molecule has 1 fully saturated rings. The van der Waals surface area contributed by atoms with E-state index < -0.39 is 0 Å². The van der Waals surface area contributed by atoms with Crippen molar-refractivity contribution in [1.82, 2.24) is 9.27 Å². The number of anilines is 2. The topological polar surface area (TPSA) is 66.0 Å². The molecule has 9 heteroatoms. The van der Waals surface area contributed by atoms with Gasteiger partial charge in [-0.2, -0.15) is 4.37 Å². The van der Waals surface area contributed by atoms with Gasteiger partial charge in [-0.3, -0.25) is 19.4 Å². The molecule has 47 heavy (non-hydrogen) atoms. The van der Waals surface area contributed by atoms with E-state index in [9.17, 15) is 9.59 Å². The minimum Gasteiger partial charge on any atom is -0.444 e. The normalized spacial score (nSPS) is 15.1. The molecule has 0 atom stereocenters. The Kier molecular flexibility index (Phi) is 14.2. The molecule has 1 aromatic heterocycles. The zero-order valence-electron chi connectivity index (χ0n) is 28.3. The number of hydrogen-bond acceptors (Lipinski definition) is 7. The van der Waals surface area contributed by atoms with Crippen molar-refractivity contribution in [2.75, 3.05) is 49.3 Å². The maximum absolute atomic E-state index is 12.8. The van der Waals surface area contributed by atoms with Crippen LogP contribution in [0.1, 0.15) is 108 Å². The van der Waals surface area contributed by atoms with Crippen LogP contribution in [0.5, 0.6) is 0 Å². The number of piperazine rings is 1. The standard InChI is InChI=1S/C38H53ClN4O3S/c1-2-3-4-5-6-7-8-9-10-11-12-13-14-19-37(45)46-29-43-34-28-33(39)30(26-31(34)27-36(43)44)20-21-41-22-24-42(25-23-41)38-32-17-15-16-18-35(32)47-40-38/h15-18,26,28H,2-14,19-25,27,29H2,1H3. The Morgan fingerprint density at radius 2 is 1.55 bits per heavy atom. The predicted octanol–water partition coefficient (Wildman–Crippen LogP) is 9.19. The molecular weight excluding hydrogens is 628 g/mol. The van der Waals surface area contributed by atoms with Gasteiger partial charge in [-0.1, -0.05) is 114 Å². The van der Waals surface area contributed by atoms with Crippen LogP contribution in [0.4, 0.5) is 11.5 Å². The first-order valence-corrected chi connectivity index (χ1v) is 19.3. The number of carbonyl (C=O) groups is 2. The second-order valence-electron chi connectivity index (χ2n) is 13.3. The molecule has 2 aliphatic heterocycles. The monoisotopic (exact) mass is 680 g/mol. The second-order valence-corrected chi connectivity index (χ2v) is 14.5. The van der Waals surface area contributed by atoms with Gasteiger partial charge in [0.25, 0.3) is 0 Å². The Morgan fingerprint density at radius 1 is 0.894 bits per heavy atom. The van der Waals surface area contributed by atoms with E-state index in [2.05, 4.69) is 47.1 Å². The number of carbonyl (C=O) groups excluding carboxylic acids is 2. The fourth-order valence-corrected chi connectivity index (χ4v) is 7.88. The van der Waals surface area contributed by atoms with E-state index in [-0.39, 0.29) is 18.6 Å². The van der Waals surface area contributed by atoms with Gasteiger partial charge < -0.3 is 9.64 Å². The summed E-state index contributed by atoms with van der Waals surface area (Å²) < 4.78 is 11.5. The number of nitrogens with zero attached hydrogens (tertiary/aromatic N) is 4. The molecule has 3 heterocycles. The molecule has 0 saturated carbocycles. The lowest BCUT2D eigenvalue weighted by atomic mass is 10.0. The van der Waals surface area contributed by atoms with E-state index >= 15 is 0 Å². The number of rotatable bonds is 20. The van der Waals surface area contributed by atoms with Crippen LogP contribution in [0.25, 0.3) is 10.1 Å². The van der Waals surface area contributed by atoms with Crippen LogP contribution in [0.15, 0.2) is 36.4 Å². The first-order chi connectivity index (χ1) is 23.0. The van der Waals surface area contributed by atoms with Gasteiger partial charge in [0, 0.05) is 49.6 Å². The van der Waals surface area contributed by atoms with E-state index in [1.807, 2.05) is 6.07 Å². The molecule has 7 nitrogen and oxygen atoms in total. The Morgan fingerprint density at radius 3 is 2.26 bits per heavy atom. The lowest BCUT2D eigenvalue weighted by molar-refractivity contribution is -0.144. The van der Waals surface area contributed by atoms with Crippen molar-refractivity contribution in [2.24, 2.45) is 0 Å². The second kappa shape index (κ2) is 18.8. The van der Waals surface area contributed by atoms with Crippen molar-refractivity contribution < 1.29 is 14.3 Å². The van der Waals surface area contributed by atoms with Crippen molar-refractivity contribution in [3.8, 4) is 0 Å². The van der Waals surface area contributed by atoms with Crippen LogP contribution in [0.3, 0.4) is 0 Å². The molecule has 1 amide bonds. The zero-order chi connectivity index (χ0) is 32.8. The number of ether oxygens (including phenoxy) is 1. The number of hydrogen-bond donors (Lipinski definition) is 0. The molecule has 3 aromatic rings. The average Bonchev–Trinajstić information content (AvgIpc) is 3.65. The molecule has 0 radical (unpaired) electrons. The van der Waals surface area contributed by atoms with Gasteiger partial charge >= 0.3 is 5.97 Å². The maximum Gasteiger partial charge on any atom is 0.307 e. The number of esters is 1. The quantitative estimate of drug-likeness (QED) is 0.0876. The number of unbranched alkanes of at least 4 members (excludes halogenated alkanes) is 12. The first-order valence-electron chi connectivity index (χ1n) is 18.1. The molecule has 256 valence electrons. The number of fused-ring (bicyclic) bond motifs is 2. The van der Waals surface area contributed by atoms with Gasteiger partial charge in [0.2, 0.25) is 5.91 Å². The van der Waals surface area contributed by atoms with Crippen LogP contribution in [0, 0.1) is 0 Å². The van der Waals surface area contributed by atoms with E-state index in [0.717, 1.165) is 74.6 Å². The summed E-state index contributed by atoms with van der Waals surface area (Å²) in [4.78, 5) is 31.7. The molecule has 5 rings (SSSR count). The van der Waals surface area contributed by atoms with Gasteiger partial charge in [0.1, 0.15) is 5.82 Å². The Bertz CT molecular complexity index is 1440. The SMILES string of the molecule is CCCCCCCCCCCCCCCC(=O)OCN1C(=O)Cc2cc(CCN3CCN(c4nsc5ccccc45)CC3)c(Cl)cc21. The highest BCUT2D eigenvalue weighted by molar-refractivity contribution is 7.13. The highest BCUT2D eigenvalue weighted by atomic mass is 35.5. The third-order valence-corrected chi connectivity index (χ3v) is 10.9. The molecular formula is C38H53ClN4O3S. The number of halogens is 1. The fraction of sp³-hybridized carbons (Fsp3) is 0.605. The van der Waals surface area contributed by atoms with Crippen LogP contribution in [0.2, 0.25) is 5.02 Å². The lowest BCUT2D eigenvalue weighted by Gasteiger charge is -2.35. The molecule has 2 aromatic carbocycles. The summed E-state index contributed by atoms with van der Waals surface area (Å²) in [5.41, 5.74) is 2.79. The summed E-state index contributed by atoms with van der Waals surface area (Å²) >= 11 is 8.31. The van der Waals surface area contributed by atoms with E-state index in [1.165, 1.54) is 80.7 Å². The smallest absolute Gasteiger partial charge is 0.307 e. The fourth-order valence-electron chi connectivity index (χ4n) is 6.84. The average molecular weight is 681 g/mol. The minimum absolute atomic E-state index is 0.0443. The Balaban J connectivity index is 0.964. The summed E-state index contributed by atoms with van der Waals surface area (Å²) in [5.74, 6) is 0.819. The molecule has 1 saturated heterocycles. The van der Waals surface area contributed by atoms with Gasteiger partial charge in [-0.05, 0) is 53.7 Å². The van der Waals surface area contributed by atoms with Crippen molar-refractivity contribution >= 4 is 56.6 Å². The zero-order valence-corrected chi connectivity index (χ0v) is 29.9. The molecule has 0 spiro atoms. The van der Waals surface area contributed by atoms with Crippen LogP contribution < -0.4 is 9.80 Å². The van der Waals surface area contributed by atoms with Crippen molar-refractivity contribution in [3.63, 3.8) is 0 Å². The highest BCUT2D eigenvalue weighted by Crippen LogP contribution is 2.35. The first kappa shape index (κ1) is 35.6. The molecule has 0 bridgehead atoms. The third-order valence-electron chi connectivity index (χ3n) is 9.75. The van der Waals surface area contributed by atoms with Crippen molar-refractivity contribution in [3.05, 3.63) is 52.5 Å². The van der Waals surface area contributed by atoms with Crippen molar-refractivity contribution in [1.29, 1.82) is 0 Å². The number of amides is 1. The van der Waals surface area contributed by atoms with E-state index in [1.54, 1.807) is 16.4 Å². The predicted molar refractivity (Wildman–Crippen MR) is 196 cm³/mol. The minimum atomic E-state index is -0.236. The highest BCUT2D eigenvalue weighted by Gasteiger charge is 2.29. The van der Waals surface area contributed by atoms with Crippen LogP contribution in [-0.4, -0.2) is 60.6 Å². The van der Waals surface area contributed by atoms with Crippen LogP contribution in [-0.2, 0) is 27.2 Å². The van der Waals surface area contributed by atoms with Gasteiger partial charge in [-0.25, -0.2) is 0 Å². The summed E-state index contributed by atoms with van der Waals surface area (Å²) in [6.45, 7) is 6.99. The molecule has 0 aliphatic carbocycles. The summed E-state index contributed by atoms with van der Waals surface area (Å²) in [6.07, 6.45) is 18.1. The van der Waals surface area contributed by atoms with Gasteiger partial charge in [0.15, 0.2) is 6.73 Å². The summed E-state index contributed by atoms with van der Waals surface area (Å²) in [5, 5.41) is 1.90. The van der Waals surface area contributed by atoms with Gasteiger partial charge in [0.05, 0.1) is 16.8 Å². The van der Waals surface area contributed by atoms with Crippen LogP contribution >= 0.6 is 23.1 Å².